The summed E-state index contributed by atoms with van der Waals surface area (Å²) in [6.07, 6.45) is -2.31. The number of halogens is 5. The molecule has 0 aliphatic carbocycles. The molecule has 0 saturated carbocycles. The molecule has 3 rings (SSSR count). The molecule has 3 aromatic rings. The lowest BCUT2D eigenvalue weighted by Gasteiger charge is -2.09. The molecule has 10 heteroatoms. The van der Waals surface area contributed by atoms with Crippen LogP contribution >= 0.6 is 23.2 Å². The van der Waals surface area contributed by atoms with Gasteiger partial charge in [0.15, 0.2) is 11.7 Å². The van der Waals surface area contributed by atoms with Crippen molar-refractivity contribution in [2.24, 2.45) is 0 Å². The number of carbonyl (C=O) groups excluding carboxylic acids is 1. The van der Waals surface area contributed by atoms with Crippen molar-refractivity contribution < 1.29 is 27.1 Å². The first-order valence-corrected chi connectivity index (χ1v) is 10.3. The van der Waals surface area contributed by atoms with Crippen LogP contribution in [0.3, 0.4) is 0 Å². The number of aromatic nitrogens is 1. The number of alkyl halides is 3. The first-order valence-electron chi connectivity index (χ1n) is 9.59. The summed E-state index contributed by atoms with van der Waals surface area (Å²) in [5.74, 6) is 0.706. The molecule has 0 fully saturated rings. The van der Waals surface area contributed by atoms with Gasteiger partial charge in [0.25, 0.3) is 0 Å². The lowest BCUT2D eigenvalue weighted by Crippen LogP contribution is -2.23. The molecule has 1 amide bonds. The van der Waals surface area contributed by atoms with Gasteiger partial charge in [0.2, 0.25) is 5.91 Å². The molecule has 0 radical (unpaired) electrons. The average molecular weight is 487 g/mol. The molecule has 0 aliphatic rings. The van der Waals surface area contributed by atoms with Crippen molar-refractivity contribution in [1.82, 2.24) is 10.3 Å². The van der Waals surface area contributed by atoms with E-state index in [2.05, 4.69) is 15.0 Å². The monoisotopic (exact) mass is 486 g/mol. The number of carbonyl (C=O) groups is 1. The molecule has 32 heavy (non-hydrogen) atoms. The van der Waals surface area contributed by atoms with Crippen molar-refractivity contribution in [2.75, 3.05) is 6.61 Å². The van der Waals surface area contributed by atoms with E-state index in [4.69, 9.17) is 27.6 Å². The minimum absolute atomic E-state index is 0.133. The van der Waals surface area contributed by atoms with Gasteiger partial charge in [-0.2, -0.15) is 13.2 Å². The third-order valence-electron chi connectivity index (χ3n) is 4.36. The minimum Gasteiger partial charge on any atom is -0.441 e. The fraction of sp³-hybridized carbons (Fsp3) is 0.273. The Kier molecular flexibility index (Phi) is 8.17. The number of aryl methyl sites for hydroxylation is 1. The zero-order valence-electron chi connectivity index (χ0n) is 16.7. The van der Waals surface area contributed by atoms with Crippen molar-refractivity contribution in [3.8, 4) is 11.3 Å². The Balaban J connectivity index is 1.42. The van der Waals surface area contributed by atoms with E-state index in [0.717, 1.165) is 5.56 Å². The van der Waals surface area contributed by atoms with E-state index in [1.54, 1.807) is 48.7 Å². The molecule has 1 aromatic heterocycles. The molecule has 0 saturated heterocycles. The number of hydrogen-bond donors (Lipinski definition) is 1. The summed E-state index contributed by atoms with van der Waals surface area (Å²) in [4.78, 5) is 16.3. The average Bonchev–Trinajstić information content (AvgIpc) is 3.19. The van der Waals surface area contributed by atoms with Crippen LogP contribution in [0.4, 0.5) is 13.2 Å². The first kappa shape index (κ1) is 24.1. The fourth-order valence-corrected chi connectivity index (χ4v) is 3.29. The smallest absolute Gasteiger partial charge is 0.411 e. The second-order valence-electron chi connectivity index (χ2n) is 6.94. The summed E-state index contributed by atoms with van der Waals surface area (Å²) in [6.45, 7) is -1.13. The van der Waals surface area contributed by atoms with Gasteiger partial charge in [-0.25, -0.2) is 4.98 Å². The Morgan fingerprint density at radius 1 is 1.09 bits per heavy atom. The van der Waals surface area contributed by atoms with E-state index in [9.17, 15) is 18.0 Å². The number of nitrogens with zero attached hydrogens (tertiary/aromatic N) is 1. The standard InChI is InChI=1S/C22H19Cl2F3N2O3/c23-16-5-6-17(18(24)9-16)19-11-29-21(32-19)8-7-20(30)28-10-14-1-3-15(4-2-14)12-31-13-22(25,26)27/h1-6,9,11H,7-8,10,12-13H2,(H,28,30). The van der Waals surface area contributed by atoms with Crippen molar-refractivity contribution in [3.63, 3.8) is 0 Å². The van der Waals surface area contributed by atoms with Crippen LogP contribution in [-0.2, 0) is 29.1 Å². The molecule has 0 unspecified atom stereocenters. The van der Waals surface area contributed by atoms with E-state index in [0.29, 0.717) is 45.8 Å². The van der Waals surface area contributed by atoms with Gasteiger partial charge in [0.1, 0.15) is 6.61 Å². The molecule has 170 valence electrons. The van der Waals surface area contributed by atoms with Crippen molar-refractivity contribution >= 4 is 29.1 Å². The van der Waals surface area contributed by atoms with E-state index < -0.39 is 12.8 Å². The van der Waals surface area contributed by atoms with Gasteiger partial charge in [-0.1, -0.05) is 47.5 Å². The molecule has 0 aliphatic heterocycles. The molecular formula is C22H19Cl2F3N2O3. The summed E-state index contributed by atoms with van der Waals surface area (Å²) >= 11 is 12.1. The Hall–Kier alpha value is -2.55. The van der Waals surface area contributed by atoms with Gasteiger partial charge < -0.3 is 14.5 Å². The van der Waals surface area contributed by atoms with E-state index >= 15 is 0 Å². The number of nitrogens with one attached hydrogen (secondary N) is 1. The van der Waals surface area contributed by atoms with E-state index in [-0.39, 0.29) is 18.9 Å². The Morgan fingerprint density at radius 3 is 2.50 bits per heavy atom. The second kappa shape index (κ2) is 10.8. The SMILES string of the molecule is O=C(CCc1ncc(-c2ccc(Cl)cc2Cl)o1)NCc1ccc(COCC(F)(F)F)cc1. The van der Waals surface area contributed by atoms with Crippen LogP contribution in [-0.4, -0.2) is 23.7 Å². The Morgan fingerprint density at radius 2 is 1.81 bits per heavy atom. The predicted octanol–water partition coefficient (Wildman–Crippen LogP) is 5.98. The third kappa shape index (κ3) is 7.55. The number of rotatable bonds is 9. The number of oxazole rings is 1. The topological polar surface area (TPSA) is 64.4 Å². The maximum atomic E-state index is 12.1. The fourth-order valence-electron chi connectivity index (χ4n) is 2.79. The zero-order chi connectivity index (χ0) is 23.1. The molecule has 0 atom stereocenters. The van der Waals surface area contributed by atoms with Gasteiger partial charge in [-0.05, 0) is 29.3 Å². The second-order valence-corrected chi connectivity index (χ2v) is 7.79. The van der Waals surface area contributed by atoms with E-state index in [1.165, 1.54) is 0 Å². The van der Waals surface area contributed by atoms with Crippen LogP contribution in [0, 0.1) is 0 Å². The van der Waals surface area contributed by atoms with E-state index in [1.807, 2.05) is 0 Å². The predicted molar refractivity (Wildman–Crippen MR) is 114 cm³/mol. The molecular weight excluding hydrogens is 468 g/mol. The van der Waals surface area contributed by atoms with Crippen LogP contribution in [0.25, 0.3) is 11.3 Å². The summed E-state index contributed by atoms with van der Waals surface area (Å²) < 4.78 is 46.6. The highest BCUT2D eigenvalue weighted by Gasteiger charge is 2.27. The van der Waals surface area contributed by atoms with Crippen LogP contribution in [0.15, 0.2) is 53.1 Å². The van der Waals surface area contributed by atoms with Gasteiger partial charge in [0, 0.05) is 30.0 Å². The van der Waals surface area contributed by atoms with Gasteiger partial charge in [-0.3, -0.25) is 4.79 Å². The highest BCUT2D eigenvalue weighted by Crippen LogP contribution is 2.30. The van der Waals surface area contributed by atoms with Crippen molar-refractivity contribution in [1.29, 1.82) is 0 Å². The number of hydrogen-bond acceptors (Lipinski definition) is 4. The minimum atomic E-state index is -4.35. The number of ether oxygens (including phenoxy) is 1. The number of benzene rings is 2. The maximum absolute atomic E-state index is 12.1. The van der Waals surface area contributed by atoms with Gasteiger partial charge >= 0.3 is 6.18 Å². The third-order valence-corrected chi connectivity index (χ3v) is 4.91. The summed E-state index contributed by atoms with van der Waals surface area (Å²) in [6, 6.07) is 11.8. The highest BCUT2D eigenvalue weighted by molar-refractivity contribution is 6.36. The quantitative estimate of drug-likeness (QED) is 0.404. The first-order chi connectivity index (χ1) is 15.2. The normalized spacial score (nSPS) is 11.5. The molecule has 5 nitrogen and oxygen atoms in total. The summed E-state index contributed by atoms with van der Waals surface area (Å²) in [5, 5.41) is 3.74. The molecule has 2 aromatic carbocycles. The van der Waals surface area contributed by atoms with Crippen molar-refractivity contribution in [3.05, 3.63) is 75.7 Å². The van der Waals surface area contributed by atoms with Crippen LogP contribution in [0.1, 0.15) is 23.4 Å². The number of amides is 1. The van der Waals surface area contributed by atoms with Crippen LogP contribution in [0.5, 0.6) is 0 Å². The molecule has 1 N–H and O–H groups in total. The van der Waals surface area contributed by atoms with Gasteiger partial charge in [-0.15, -0.1) is 0 Å². The summed E-state index contributed by atoms with van der Waals surface area (Å²) in [5.41, 5.74) is 2.09. The van der Waals surface area contributed by atoms with Crippen LogP contribution in [0.2, 0.25) is 10.0 Å². The van der Waals surface area contributed by atoms with Gasteiger partial charge in [0.05, 0.1) is 17.8 Å². The van der Waals surface area contributed by atoms with Crippen molar-refractivity contribution in [2.45, 2.75) is 32.2 Å². The molecule has 0 spiro atoms. The Bertz CT molecular complexity index is 1050. The largest absolute Gasteiger partial charge is 0.441 e. The lowest BCUT2D eigenvalue weighted by molar-refractivity contribution is -0.176. The Labute approximate surface area is 192 Å². The zero-order valence-corrected chi connectivity index (χ0v) is 18.2. The highest BCUT2D eigenvalue weighted by atomic mass is 35.5. The van der Waals surface area contributed by atoms with Crippen LogP contribution < -0.4 is 5.32 Å². The molecule has 0 bridgehead atoms. The lowest BCUT2D eigenvalue weighted by atomic mass is 10.1. The maximum Gasteiger partial charge on any atom is 0.411 e. The molecule has 1 heterocycles. The summed E-state index contributed by atoms with van der Waals surface area (Å²) in [7, 11) is 0.